The SMILES string of the molecule is Cl.O=C(CCN1CCN(S(=O)(=O)N2CCOCC2)CC1)N1CCNCC1. The molecule has 0 aromatic carbocycles. The van der Waals surface area contributed by atoms with Crippen LogP contribution in [0.25, 0.3) is 0 Å². The van der Waals surface area contributed by atoms with Gasteiger partial charge in [0.05, 0.1) is 13.2 Å². The van der Waals surface area contributed by atoms with Crippen molar-refractivity contribution in [3.05, 3.63) is 0 Å². The molecule has 0 unspecified atom stereocenters. The third-order valence-electron chi connectivity index (χ3n) is 5.07. The van der Waals surface area contributed by atoms with Crippen LogP contribution in [0.1, 0.15) is 6.42 Å². The van der Waals surface area contributed by atoms with E-state index in [1.807, 2.05) is 4.90 Å². The second kappa shape index (κ2) is 10.2. The van der Waals surface area contributed by atoms with E-state index >= 15 is 0 Å². The third kappa shape index (κ3) is 5.51. The fourth-order valence-corrected chi connectivity index (χ4v) is 5.01. The largest absolute Gasteiger partial charge is 0.379 e. The van der Waals surface area contributed by atoms with Crippen LogP contribution in [0.2, 0.25) is 0 Å². The number of carbonyl (C=O) groups excluding carboxylic acids is 1. The number of ether oxygens (including phenoxy) is 1. The van der Waals surface area contributed by atoms with Gasteiger partial charge in [0.2, 0.25) is 5.91 Å². The minimum absolute atomic E-state index is 0. The fourth-order valence-electron chi connectivity index (χ4n) is 3.45. The predicted octanol–water partition coefficient (Wildman–Crippen LogP) is -1.58. The highest BCUT2D eigenvalue weighted by molar-refractivity contribution is 7.86. The number of hydrogen-bond acceptors (Lipinski definition) is 6. The van der Waals surface area contributed by atoms with E-state index < -0.39 is 10.2 Å². The number of halogens is 1. The predicted molar refractivity (Wildman–Crippen MR) is 101 cm³/mol. The zero-order valence-electron chi connectivity index (χ0n) is 15.1. The van der Waals surface area contributed by atoms with E-state index in [0.29, 0.717) is 65.4 Å². The van der Waals surface area contributed by atoms with Crippen molar-refractivity contribution in [2.45, 2.75) is 6.42 Å². The molecule has 3 aliphatic heterocycles. The van der Waals surface area contributed by atoms with E-state index in [1.165, 1.54) is 4.31 Å². The van der Waals surface area contributed by atoms with Gasteiger partial charge in [-0.15, -0.1) is 12.4 Å². The number of rotatable bonds is 5. The van der Waals surface area contributed by atoms with Gasteiger partial charge in [-0.25, -0.2) is 0 Å². The molecule has 3 heterocycles. The lowest BCUT2D eigenvalue weighted by Gasteiger charge is -2.37. The minimum atomic E-state index is -3.38. The van der Waals surface area contributed by atoms with E-state index in [2.05, 4.69) is 10.2 Å². The normalized spacial score (nSPS) is 24.2. The maximum Gasteiger partial charge on any atom is 0.282 e. The maximum absolute atomic E-state index is 12.6. The van der Waals surface area contributed by atoms with Crippen LogP contribution in [-0.2, 0) is 19.7 Å². The van der Waals surface area contributed by atoms with Gasteiger partial charge in [-0.3, -0.25) is 4.79 Å². The molecule has 26 heavy (non-hydrogen) atoms. The van der Waals surface area contributed by atoms with Crippen LogP contribution in [0.5, 0.6) is 0 Å². The summed E-state index contributed by atoms with van der Waals surface area (Å²) in [5.74, 6) is 0.199. The summed E-state index contributed by atoms with van der Waals surface area (Å²) in [7, 11) is -3.38. The molecule has 3 rings (SSSR count). The zero-order chi connectivity index (χ0) is 17.7. The molecule has 3 aliphatic rings. The van der Waals surface area contributed by atoms with Crippen LogP contribution in [0.15, 0.2) is 0 Å². The molecule has 0 atom stereocenters. The standard InChI is InChI=1S/C15H29N5O4S.ClH/c21-15(18-5-2-16-3-6-18)1-4-17-7-9-19(10-8-17)25(22,23)20-11-13-24-14-12-20;/h16H,1-14H2;1H. The van der Waals surface area contributed by atoms with Crippen LogP contribution in [0, 0.1) is 0 Å². The summed E-state index contributed by atoms with van der Waals surface area (Å²) in [4.78, 5) is 16.3. The van der Waals surface area contributed by atoms with Crippen LogP contribution in [-0.4, -0.2) is 118 Å². The average molecular weight is 412 g/mol. The molecule has 9 nitrogen and oxygen atoms in total. The molecule has 1 N–H and O–H groups in total. The second-order valence-corrected chi connectivity index (χ2v) is 8.57. The molecule has 0 aliphatic carbocycles. The Labute approximate surface area is 162 Å². The Balaban J connectivity index is 0.00000243. The van der Waals surface area contributed by atoms with Gasteiger partial charge in [-0.1, -0.05) is 0 Å². The Morgan fingerprint density at radius 2 is 1.46 bits per heavy atom. The molecule has 152 valence electrons. The van der Waals surface area contributed by atoms with Gasteiger partial charge < -0.3 is 19.9 Å². The topological polar surface area (TPSA) is 85.4 Å². The second-order valence-electron chi connectivity index (χ2n) is 6.64. The first-order chi connectivity index (χ1) is 12.1. The fraction of sp³-hybridized carbons (Fsp3) is 0.933. The van der Waals surface area contributed by atoms with Crippen molar-refractivity contribution < 1.29 is 17.9 Å². The highest BCUT2D eigenvalue weighted by Crippen LogP contribution is 2.14. The number of morpholine rings is 1. The van der Waals surface area contributed by atoms with Gasteiger partial charge >= 0.3 is 0 Å². The van der Waals surface area contributed by atoms with Gasteiger partial charge in [0, 0.05) is 78.4 Å². The lowest BCUT2D eigenvalue weighted by molar-refractivity contribution is -0.132. The molecule has 0 bridgehead atoms. The first-order valence-electron chi connectivity index (χ1n) is 9.11. The van der Waals surface area contributed by atoms with E-state index in [-0.39, 0.29) is 18.3 Å². The molecular formula is C15H30ClN5O4S. The summed E-state index contributed by atoms with van der Waals surface area (Å²) < 4.78 is 33.6. The lowest BCUT2D eigenvalue weighted by atomic mass is 10.2. The Bertz CT molecular complexity index is 544. The monoisotopic (exact) mass is 411 g/mol. The number of piperazine rings is 2. The molecule has 11 heteroatoms. The van der Waals surface area contributed by atoms with E-state index in [1.54, 1.807) is 4.31 Å². The van der Waals surface area contributed by atoms with Gasteiger partial charge in [-0.05, 0) is 0 Å². The summed E-state index contributed by atoms with van der Waals surface area (Å²) in [6, 6.07) is 0. The van der Waals surface area contributed by atoms with Crippen LogP contribution in [0.3, 0.4) is 0 Å². The van der Waals surface area contributed by atoms with Crippen molar-refractivity contribution in [1.82, 2.24) is 23.7 Å². The number of hydrogen-bond donors (Lipinski definition) is 1. The molecule has 1 amide bonds. The molecular weight excluding hydrogens is 382 g/mol. The van der Waals surface area contributed by atoms with Gasteiger partial charge in [0.1, 0.15) is 0 Å². The van der Waals surface area contributed by atoms with Crippen LogP contribution in [0.4, 0.5) is 0 Å². The summed E-state index contributed by atoms with van der Waals surface area (Å²) in [5.41, 5.74) is 0. The maximum atomic E-state index is 12.6. The highest BCUT2D eigenvalue weighted by atomic mass is 35.5. The quantitative estimate of drug-likeness (QED) is 0.588. The van der Waals surface area contributed by atoms with Gasteiger partial charge in [0.15, 0.2) is 0 Å². The molecule has 3 saturated heterocycles. The molecule has 0 saturated carbocycles. The van der Waals surface area contributed by atoms with Crippen molar-refractivity contribution in [1.29, 1.82) is 0 Å². The van der Waals surface area contributed by atoms with Gasteiger partial charge in [-0.2, -0.15) is 17.0 Å². The number of nitrogens with zero attached hydrogens (tertiary/aromatic N) is 4. The zero-order valence-corrected chi connectivity index (χ0v) is 16.8. The third-order valence-corrected chi connectivity index (χ3v) is 7.10. The highest BCUT2D eigenvalue weighted by Gasteiger charge is 2.33. The Morgan fingerprint density at radius 1 is 0.885 bits per heavy atom. The Morgan fingerprint density at radius 3 is 2.08 bits per heavy atom. The summed E-state index contributed by atoms with van der Waals surface area (Å²) in [6.07, 6.45) is 0.510. The Kier molecular flexibility index (Phi) is 8.52. The first kappa shape index (κ1) is 21.8. The molecule has 0 spiro atoms. The van der Waals surface area contributed by atoms with Crippen molar-refractivity contribution in [3.63, 3.8) is 0 Å². The summed E-state index contributed by atoms with van der Waals surface area (Å²) in [5, 5.41) is 3.24. The Hall–Kier alpha value is -0.490. The summed E-state index contributed by atoms with van der Waals surface area (Å²) in [6.45, 7) is 8.13. The summed E-state index contributed by atoms with van der Waals surface area (Å²) >= 11 is 0. The number of nitrogens with one attached hydrogen (secondary N) is 1. The minimum Gasteiger partial charge on any atom is -0.379 e. The van der Waals surface area contributed by atoms with Crippen LogP contribution < -0.4 is 5.32 Å². The average Bonchev–Trinajstić information content (AvgIpc) is 2.68. The first-order valence-corrected chi connectivity index (χ1v) is 10.5. The molecule has 0 aromatic rings. The van der Waals surface area contributed by atoms with Crippen molar-refractivity contribution >= 4 is 28.5 Å². The van der Waals surface area contributed by atoms with E-state index in [9.17, 15) is 13.2 Å². The molecule has 0 radical (unpaired) electrons. The van der Waals surface area contributed by atoms with Crippen molar-refractivity contribution in [3.8, 4) is 0 Å². The molecule has 3 fully saturated rings. The van der Waals surface area contributed by atoms with Crippen molar-refractivity contribution in [2.24, 2.45) is 0 Å². The van der Waals surface area contributed by atoms with Crippen molar-refractivity contribution in [2.75, 3.05) is 85.2 Å². The number of carbonyl (C=O) groups is 1. The van der Waals surface area contributed by atoms with E-state index in [0.717, 1.165) is 26.2 Å². The van der Waals surface area contributed by atoms with E-state index in [4.69, 9.17) is 4.74 Å². The lowest BCUT2D eigenvalue weighted by Crippen LogP contribution is -2.55. The van der Waals surface area contributed by atoms with Gasteiger partial charge in [0.25, 0.3) is 10.2 Å². The smallest absolute Gasteiger partial charge is 0.282 e. The van der Waals surface area contributed by atoms with Crippen LogP contribution >= 0.6 is 12.4 Å². The molecule has 0 aromatic heterocycles. The number of amides is 1.